The number of rotatable bonds is 18. The highest BCUT2D eigenvalue weighted by molar-refractivity contribution is 5.75. The molecule has 2 saturated heterocycles. The maximum Gasteiger partial charge on any atom is 0.364 e. The summed E-state index contributed by atoms with van der Waals surface area (Å²) in [7, 11) is 0. The number of unbranched alkanes of at least 4 members (excludes halogenated alkanes) is 1. The van der Waals surface area contributed by atoms with Gasteiger partial charge in [-0.25, -0.2) is 4.79 Å². The standard InChI is InChI=1S/C25H47NO18/c1-2-3-4-40-22-20(36)18(34)21(14(8-28)42-22)44-23-19(35)17(33)16(32)15(43-23)9-41-25(39,24(37)38)6-12(30)10(26)5-11(29)13(31)7-27/h10-23,27-36,39H,2-9,26H2,1H3,(H,37,38)/t10-,11-,12+,13+,14?,15?,16-,17?,18?,19-,20-,21+,22+,23-,25-/m0/s1. The van der Waals surface area contributed by atoms with Crippen LogP contribution in [0.3, 0.4) is 0 Å². The van der Waals surface area contributed by atoms with Gasteiger partial charge in [0.1, 0.15) is 54.9 Å². The number of aliphatic hydroxyl groups excluding tert-OH is 10. The zero-order valence-electron chi connectivity index (χ0n) is 24.1. The number of hydrogen-bond donors (Lipinski definition) is 13. The Hall–Kier alpha value is -1.21. The molecule has 0 bridgehead atoms. The van der Waals surface area contributed by atoms with E-state index in [1.165, 1.54) is 0 Å². The van der Waals surface area contributed by atoms with Crippen LogP contribution in [0.4, 0.5) is 0 Å². The molecule has 19 nitrogen and oxygen atoms in total. The van der Waals surface area contributed by atoms with Crippen LogP contribution in [0.15, 0.2) is 0 Å². The molecule has 19 heteroatoms. The van der Waals surface area contributed by atoms with Crippen LogP contribution in [0, 0.1) is 0 Å². The Bertz CT molecular complexity index is 856. The molecule has 2 rings (SSSR count). The lowest BCUT2D eigenvalue weighted by molar-refractivity contribution is -0.363. The fraction of sp³-hybridized carbons (Fsp3) is 0.960. The van der Waals surface area contributed by atoms with Crippen molar-refractivity contribution in [1.82, 2.24) is 0 Å². The highest BCUT2D eigenvalue weighted by Crippen LogP contribution is 2.30. The first-order valence-corrected chi connectivity index (χ1v) is 14.2. The van der Waals surface area contributed by atoms with Crippen molar-refractivity contribution in [2.24, 2.45) is 5.73 Å². The largest absolute Gasteiger partial charge is 0.477 e. The highest BCUT2D eigenvalue weighted by Gasteiger charge is 2.51. The molecule has 0 saturated carbocycles. The fourth-order valence-corrected chi connectivity index (χ4v) is 4.60. The van der Waals surface area contributed by atoms with E-state index in [0.29, 0.717) is 6.42 Å². The number of hydrogen-bond acceptors (Lipinski definition) is 18. The molecule has 0 aromatic rings. The van der Waals surface area contributed by atoms with E-state index in [1.54, 1.807) is 0 Å². The third-order valence-corrected chi connectivity index (χ3v) is 7.51. The molecule has 0 spiro atoms. The van der Waals surface area contributed by atoms with Gasteiger partial charge in [-0.05, 0) is 12.8 Å². The van der Waals surface area contributed by atoms with Crippen LogP contribution < -0.4 is 5.73 Å². The summed E-state index contributed by atoms with van der Waals surface area (Å²) in [5.41, 5.74) is 5.72. The van der Waals surface area contributed by atoms with Gasteiger partial charge in [0.25, 0.3) is 5.79 Å². The number of aliphatic carboxylic acids is 1. The van der Waals surface area contributed by atoms with Gasteiger partial charge < -0.3 is 90.7 Å². The Morgan fingerprint density at radius 3 is 2.07 bits per heavy atom. The lowest BCUT2D eigenvalue weighted by atomic mass is 9.95. The Labute approximate surface area is 252 Å². The van der Waals surface area contributed by atoms with Crippen LogP contribution in [0.25, 0.3) is 0 Å². The first kappa shape index (κ1) is 39.0. The Morgan fingerprint density at radius 1 is 0.886 bits per heavy atom. The van der Waals surface area contributed by atoms with E-state index in [1.807, 2.05) is 6.92 Å². The van der Waals surface area contributed by atoms with Crippen molar-refractivity contribution >= 4 is 5.97 Å². The van der Waals surface area contributed by atoms with Crippen molar-refractivity contribution < 1.29 is 89.8 Å². The van der Waals surface area contributed by atoms with Gasteiger partial charge in [0.2, 0.25) is 0 Å². The van der Waals surface area contributed by atoms with Crippen molar-refractivity contribution in [3.63, 3.8) is 0 Å². The topological polar surface area (TPSA) is 332 Å². The number of carboxylic acid groups (broad SMARTS) is 1. The quantitative estimate of drug-likeness (QED) is 0.0484. The maximum atomic E-state index is 11.8. The van der Waals surface area contributed by atoms with E-state index < -0.39 is 130 Å². The lowest BCUT2D eigenvalue weighted by Gasteiger charge is -2.46. The molecule has 0 aromatic carbocycles. The van der Waals surface area contributed by atoms with Crippen molar-refractivity contribution in [2.45, 2.75) is 124 Å². The Kier molecular flexibility index (Phi) is 15.6. The number of nitrogens with two attached hydrogens (primary N) is 1. The molecule has 14 N–H and O–H groups in total. The van der Waals surface area contributed by atoms with Gasteiger partial charge in [0.15, 0.2) is 12.6 Å². The molecule has 4 unspecified atom stereocenters. The van der Waals surface area contributed by atoms with Crippen LogP contribution in [0.5, 0.6) is 0 Å². The average Bonchev–Trinajstić information content (AvgIpc) is 2.99. The van der Waals surface area contributed by atoms with Gasteiger partial charge in [-0.2, -0.15) is 0 Å². The number of ether oxygens (including phenoxy) is 5. The third kappa shape index (κ3) is 9.89. The van der Waals surface area contributed by atoms with Crippen LogP contribution >= 0.6 is 0 Å². The second-order valence-corrected chi connectivity index (χ2v) is 10.9. The average molecular weight is 650 g/mol. The second-order valence-electron chi connectivity index (χ2n) is 10.9. The van der Waals surface area contributed by atoms with E-state index in [4.69, 9.17) is 34.5 Å². The zero-order chi connectivity index (χ0) is 33.4. The molecule has 44 heavy (non-hydrogen) atoms. The predicted molar refractivity (Wildman–Crippen MR) is 141 cm³/mol. The van der Waals surface area contributed by atoms with Gasteiger partial charge in [0.05, 0.1) is 32.0 Å². The van der Waals surface area contributed by atoms with Crippen LogP contribution in [-0.4, -0.2) is 185 Å². The molecule has 260 valence electrons. The molecule has 2 heterocycles. The summed E-state index contributed by atoms with van der Waals surface area (Å²) in [5.74, 6) is -5.17. The number of carboxylic acids is 1. The summed E-state index contributed by atoms with van der Waals surface area (Å²) >= 11 is 0. The molecular formula is C25H47NO18. The van der Waals surface area contributed by atoms with E-state index in [9.17, 15) is 61.0 Å². The second kappa shape index (κ2) is 17.6. The van der Waals surface area contributed by atoms with Crippen LogP contribution in [0.2, 0.25) is 0 Å². The van der Waals surface area contributed by atoms with Gasteiger partial charge in [-0.1, -0.05) is 13.3 Å². The van der Waals surface area contributed by atoms with Gasteiger partial charge in [-0.3, -0.25) is 0 Å². The van der Waals surface area contributed by atoms with E-state index >= 15 is 0 Å². The number of carbonyl (C=O) groups is 1. The smallest absolute Gasteiger partial charge is 0.364 e. The van der Waals surface area contributed by atoms with E-state index in [-0.39, 0.29) is 6.61 Å². The molecule has 2 aliphatic heterocycles. The first-order chi connectivity index (χ1) is 20.6. The number of aliphatic hydroxyl groups is 11. The maximum absolute atomic E-state index is 11.8. The van der Waals surface area contributed by atoms with Gasteiger partial charge in [0, 0.05) is 19.1 Å². The third-order valence-electron chi connectivity index (χ3n) is 7.51. The monoisotopic (exact) mass is 649 g/mol. The lowest BCUT2D eigenvalue weighted by Crippen LogP contribution is -2.65. The molecule has 2 fully saturated rings. The predicted octanol–water partition coefficient (Wildman–Crippen LogP) is -6.59. The summed E-state index contributed by atoms with van der Waals surface area (Å²) in [5, 5.41) is 121. The summed E-state index contributed by atoms with van der Waals surface area (Å²) in [6.07, 6.45) is -22.3. The van der Waals surface area contributed by atoms with Crippen molar-refractivity contribution in [1.29, 1.82) is 0 Å². The minimum absolute atomic E-state index is 0.186. The van der Waals surface area contributed by atoms with Crippen molar-refractivity contribution in [3.8, 4) is 0 Å². The van der Waals surface area contributed by atoms with Crippen molar-refractivity contribution in [2.75, 3.05) is 26.4 Å². The van der Waals surface area contributed by atoms with Crippen LogP contribution in [0.1, 0.15) is 32.6 Å². The summed E-state index contributed by atoms with van der Waals surface area (Å²) < 4.78 is 26.9. The normalized spacial score (nSPS) is 37.1. The van der Waals surface area contributed by atoms with E-state index in [0.717, 1.165) is 6.42 Å². The summed E-state index contributed by atoms with van der Waals surface area (Å²) in [6.45, 7) is -0.453. The highest BCUT2D eigenvalue weighted by atomic mass is 16.7. The molecule has 15 atom stereocenters. The summed E-state index contributed by atoms with van der Waals surface area (Å²) in [4.78, 5) is 11.8. The van der Waals surface area contributed by atoms with Crippen LogP contribution in [-0.2, 0) is 28.5 Å². The van der Waals surface area contributed by atoms with Gasteiger partial charge in [-0.15, -0.1) is 0 Å². The minimum Gasteiger partial charge on any atom is -0.477 e. The van der Waals surface area contributed by atoms with Crippen molar-refractivity contribution in [3.05, 3.63) is 0 Å². The molecule has 0 aliphatic carbocycles. The van der Waals surface area contributed by atoms with E-state index in [2.05, 4.69) is 0 Å². The molecule has 2 aliphatic rings. The first-order valence-electron chi connectivity index (χ1n) is 14.2. The molecular weight excluding hydrogens is 602 g/mol. The zero-order valence-corrected chi connectivity index (χ0v) is 24.1. The van der Waals surface area contributed by atoms with Gasteiger partial charge >= 0.3 is 5.97 Å². The Balaban J connectivity index is 2.10. The summed E-state index contributed by atoms with van der Waals surface area (Å²) in [6, 6.07) is -1.40. The Morgan fingerprint density at radius 2 is 1.50 bits per heavy atom. The fourth-order valence-electron chi connectivity index (χ4n) is 4.60. The minimum atomic E-state index is -3.16. The molecule has 0 radical (unpaired) electrons. The molecule has 0 amide bonds. The molecule has 0 aromatic heterocycles. The SMILES string of the molecule is CCCCO[C@@H]1OC(CO)[C@@H](O[C@@H]2OC(CO[C@@](O)(C[C@@H](O)[C@@H](N)C[C@H](O)[C@H](O)CO)C(=O)O)[C@H](O)C(O)[C@@H]2O)C(O)[C@@H]1O.